The van der Waals surface area contributed by atoms with Crippen LogP contribution in [0.5, 0.6) is 0 Å². The molecule has 0 saturated carbocycles. The van der Waals surface area contributed by atoms with Crippen molar-refractivity contribution in [3.63, 3.8) is 0 Å². The quantitative estimate of drug-likeness (QED) is 0.704. The third-order valence-corrected chi connectivity index (χ3v) is 6.59. The van der Waals surface area contributed by atoms with E-state index in [0.29, 0.717) is 50.4 Å². The van der Waals surface area contributed by atoms with Crippen LogP contribution in [0.2, 0.25) is 0 Å². The molecule has 3 rings (SSSR count). The molecule has 2 heterocycles. The third kappa shape index (κ3) is 5.79. The number of likely N-dealkylation sites (tertiary alicyclic amines) is 2. The molecular weight excluding hydrogens is 385 g/mol. The summed E-state index contributed by atoms with van der Waals surface area (Å²) in [5.41, 5.74) is -0.0939. The van der Waals surface area contributed by atoms with Crippen molar-refractivity contribution in [2.24, 2.45) is 5.92 Å². The maximum absolute atomic E-state index is 13.2. The average molecular weight is 420 g/mol. The predicted octanol–water partition coefficient (Wildman–Crippen LogP) is 2.69. The first-order chi connectivity index (χ1) is 14.4. The van der Waals surface area contributed by atoms with E-state index in [-0.39, 0.29) is 17.6 Å². The fourth-order valence-electron chi connectivity index (χ4n) is 4.55. The lowest BCUT2D eigenvalue weighted by Gasteiger charge is -2.32. The number of carbonyl (C=O) groups excluding carboxylic acids is 2. The summed E-state index contributed by atoms with van der Waals surface area (Å²) in [6, 6.07) is 5.53. The highest BCUT2D eigenvalue weighted by molar-refractivity contribution is 5.94. The minimum atomic E-state index is -0.511. The molecule has 2 aliphatic heterocycles. The van der Waals surface area contributed by atoms with E-state index in [0.717, 1.165) is 32.5 Å². The van der Waals surface area contributed by atoms with Gasteiger partial charge in [-0.2, -0.15) is 0 Å². The van der Waals surface area contributed by atoms with Crippen LogP contribution >= 0.6 is 0 Å². The Bertz CT molecular complexity index is 719. The molecule has 1 atom stereocenters. The highest BCUT2D eigenvalue weighted by atomic mass is 19.1. The van der Waals surface area contributed by atoms with Crippen molar-refractivity contribution in [2.45, 2.75) is 44.6 Å². The number of hydrogen-bond donors (Lipinski definition) is 1. The van der Waals surface area contributed by atoms with Gasteiger partial charge in [-0.05, 0) is 75.5 Å². The summed E-state index contributed by atoms with van der Waals surface area (Å²) in [7, 11) is 1.63. The van der Waals surface area contributed by atoms with E-state index in [2.05, 4.69) is 17.1 Å². The normalized spacial score (nSPS) is 23.0. The summed E-state index contributed by atoms with van der Waals surface area (Å²) in [6.07, 6.45) is 4.06. The van der Waals surface area contributed by atoms with Crippen molar-refractivity contribution in [1.82, 2.24) is 15.1 Å². The van der Waals surface area contributed by atoms with Crippen LogP contribution < -0.4 is 5.32 Å². The van der Waals surface area contributed by atoms with E-state index in [1.54, 1.807) is 7.11 Å². The van der Waals surface area contributed by atoms with Gasteiger partial charge in [0, 0.05) is 38.8 Å². The SMILES string of the molecule is CCN1CCC(CC(=O)N2CCC(CCOC)(NC(=O)c3ccc(F)cc3)C2)CC1. The van der Waals surface area contributed by atoms with E-state index in [1.165, 1.54) is 24.3 Å². The van der Waals surface area contributed by atoms with Crippen LogP contribution in [0.15, 0.2) is 24.3 Å². The zero-order valence-electron chi connectivity index (χ0n) is 18.2. The Morgan fingerprint density at radius 1 is 1.20 bits per heavy atom. The summed E-state index contributed by atoms with van der Waals surface area (Å²) in [5.74, 6) is 0.0127. The number of ether oxygens (including phenoxy) is 1. The first-order valence-electron chi connectivity index (χ1n) is 11.0. The number of benzene rings is 1. The topological polar surface area (TPSA) is 61.9 Å². The van der Waals surface area contributed by atoms with Gasteiger partial charge in [0.1, 0.15) is 5.82 Å². The molecule has 0 radical (unpaired) electrons. The maximum Gasteiger partial charge on any atom is 0.251 e. The predicted molar refractivity (Wildman–Crippen MR) is 114 cm³/mol. The minimum absolute atomic E-state index is 0.181. The molecule has 2 amide bonds. The average Bonchev–Trinajstić information content (AvgIpc) is 3.17. The fraction of sp³-hybridized carbons (Fsp3) is 0.652. The van der Waals surface area contributed by atoms with Crippen LogP contribution in [0.4, 0.5) is 4.39 Å². The summed E-state index contributed by atoms with van der Waals surface area (Å²) >= 11 is 0. The zero-order chi connectivity index (χ0) is 21.6. The van der Waals surface area contributed by atoms with Gasteiger partial charge in [-0.25, -0.2) is 4.39 Å². The standard InChI is InChI=1S/C23H34FN3O3/c1-3-26-12-8-18(9-13-26)16-21(28)27-14-10-23(17-27,11-15-30-2)25-22(29)19-4-6-20(24)7-5-19/h4-7,18H,3,8-17H2,1-2H3,(H,25,29). The van der Waals surface area contributed by atoms with Gasteiger partial charge >= 0.3 is 0 Å². The molecular formula is C23H34FN3O3. The number of nitrogens with one attached hydrogen (secondary N) is 1. The van der Waals surface area contributed by atoms with E-state index >= 15 is 0 Å². The molecule has 0 spiro atoms. The van der Waals surface area contributed by atoms with Crippen molar-refractivity contribution in [2.75, 3.05) is 46.4 Å². The Labute approximate surface area is 178 Å². The largest absolute Gasteiger partial charge is 0.385 e. The number of rotatable bonds is 8. The van der Waals surface area contributed by atoms with Gasteiger partial charge < -0.3 is 19.9 Å². The number of carbonyl (C=O) groups is 2. The summed E-state index contributed by atoms with van der Waals surface area (Å²) in [6.45, 7) is 7.02. The van der Waals surface area contributed by atoms with Gasteiger partial charge in [0.2, 0.25) is 5.91 Å². The molecule has 0 bridgehead atoms. The second-order valence-electron chi connectivity index (χ2n) is 8.63. The second kappa shape index (κ2) is 10.4. The minimum Gasteiger partial charge on any atom is -0.385 e. The molecule has 0 aromatic heterocycles. The lowest BCUT2D eigenvalue weighted by atomic mass is 9.92. The molecule has 7 heteroatoms. The molecule has 166 valence electrons. The van der Waals surface area contributed by atoms with E-state index in [1.807, 2.05) is 4.90 Å². The highest BCUT2D eigenvalue weighted by Gasteiger charge is 2.41. The van der Waals surface area contributed by atoms with Gasteiger partial charge in [-0.3, -0.25) is 9.59 Å². The molecule has 2 fully saturated rings. The Kier molecular flexibility index (Phi) is 7.83. The Hall–Kier alpha value is -1.99. The second-order valence-corrected chi connectivity index (χ2v) is 8.63. The number of piperidine rings is 1. The van der Waals surface area contributed by atoms with E-state index in [4.69, 9.17) is 4.74 Å². The monoisotopic (exact) mass is 419 g/mol. The summed E-state index contributed by atoms with van der Waals surface area (Å²) in [5, 5.41) is 3.12. The zero-order valence-corrected chi connectivity index (χ0v) is 18.2. The van der Waals surface area contributed by atoms with Crippen LogP contribution in [-0.4, -0.2) is 73.6 Å². The van der Waals surface area contributed by atoms with E-state index < -0.39 is 5.54 Å². The van der Waals surface area contributed by atoms with Gasteiger partial charge in [0.05, 0.1) is 5.54 Å². The number of methoxy groups -OCH3 is 1. The van der Waals surface area contributed by atoms with Gasteiger partial charge in [-0.15, -0.1) is 0 Å². The van der Waals surface area contributed by atoms with Crippen molar-refractivity contribution >= 4 is 11.8 Å². The van der Waals surface area contributed by atoms with E-state index in [9.17, 15) is 14.0 Å². The number of nitrogens with zero attached hydrogens (tertiary/aromatic N) is 2. The number of hydrogen-bond acceptors (Lipinski definition) is 4. The van der Waals surface area contributed by atoms with Gasteiger partial charge in [0.15, 0.2) is 0 Å². The van der Waals surface area contributed by atoms with Crippen molar-refractivity contribution < 1.29 is 18.7 Å². The van der Waals surface area contributed by atoms with Gasteiger partial charge in [-0.1, -0.05) is 6.92 Å². The van der Waals surface area contributed by atoms with Crippen molar-refractivity contribution in [1.29, 1.82) is 0 Å². The molecule has 6 nitrogen and oxygen atoms in total. The fourth-order valence-corrected chi connectivity index (χ4v) is 4.55. The van der Waals surface area contributed by atoms with Crippen LogP contribution in [-0.2, 0) is 9.53 Å². The molecule has 1 N–H and O–H groups in total. The van der Waals surface area contributed by atoms with Crippen LogP contribution in [0.1, 0.15) is 49.4 Å². The molecule has 2 aliphatic rings. The molecule has 1 aromatic carbocycles. The molecule has 2 saturated heterocycles. The first-order valence-corrected chi connectivity index (χ1v) is 11.0. The molecule has 30 heavy (non-hydrogen) atoms. The van der Waals surface area contributed by atoms with Gasteiger partial charge in [0.25, 0.3) is 5.91 Å². The molecule has 1 unspecified atom stereocenters. The van der Waals surface area contributed by atoms with Crippen LogP contribution in [0.3, 0.4) is 0 Å². The summed E-state index contributed by atoms with van der Waals surface area (Å²) in [4.78, 5) is 30.0. The van der Waals surface area contributed by atoms with Crippen LogP contribution in [0.25, 0.3) is 0 Å². The van der Waals surface area contributed by atoms with Crippen molar-refractivity contribution in [3.05, 3.63) is 35.6 Å². The van der Waals surface area contributed by atoms with Crippen LogP contribution in [0, 0.1) is 11.7 Å². The molecule has 0 aliphatic carbocycles. The third-order valence-electron chi connectivity index (χ3n) is 6.59. The maximum atomic E-state index is 13.2. The summed E-state index contributed by atoms with van der Waals surface area (Å²) < 4.78 is 18.4. The smallest absolute Gasteiger partial charge is 0.251 e. The molecule has 1 aromatic rings. The first kappa shape index (κ1) is 22.7. The number of halogens is 1. The lowest BCUT2D eigenvalue weighted by Crippen LogP contribution is -2.51. The van der Waals surface area contributed by atoms with Crippen molar-refractivity contribution in [3.8, 4) is 0 Å². The Morgan fingerprint density at radius 2 is 1.90 bits per heavy atom. The Morgan fingerprint density at radius 3 is 2.53 bits per heavy atom. The number of amides is 2. The Balaban J connectivity index is 1.59. The highest BCUT2D eigenvalue weighted by Crippen LogP contribution is 2.28. The lowest BCUT2D eigenvalue weighted by molar-refractivity contribution is -0.131.